The van der Waals surface area contributed by atoms with Gasteiger partial charge in [0.1, 0.15) is 12.4 Å². The van der Waals surface area contributed by atoms with Crippen LogP contribution in [0.2, 0.25) is 0 Å². The predicted molar refractivity (Wildman–Crippen MR) is 72.5 cm³/mol. The number of hydrogen-bond donors (Lipinski definition) is 0. The summed E-state index contributed by atoms with van der Waals surface area (Å²) in [7, 11) is 0. The highest BCUT2D eigenvalue weighted by Crippen LogP contribution is 2.32. The Kier molecular flexibility index (Phi) is 6.26. The molecule has 1 nitrogen and oxygen atoms in total. The number of benzene rings is 1. The van der Waals surface area contributed by atoms with Gasteiger partial charge in [0.2, 0.25) is 0 Å². The zero-order valence-corrected chi connectivity index (χ0v) is 13.0. The molecule has 0 amide bonds. The average Bonchev–Trinajstić information content (AvgIpc) is 2.35. The molecule has 0 aromatic heterocycles. The van der Waals surface area contributed by atoms with E-state index in [0.29, 0.717) is 5.56 Å². The Morgan fingerprint density at radius 1 is 1.00 bits per heavy atom. The molecule has 0 saturated carbocycles. The van der Waals surface area contributed by atoms with Gasteiger partial charge >= 0.3 is 6.18 Å². The number of hydrogen-bond acceptors (Lipinski definition) is 1. The Morgan fingerprint density at radius 2 is 1.58 bits per heavy atom. The van der Waals surface area contributed by atoms with Crippen LogP contribution in [0.4, 0.5) is 17.6 Å². The van der Waals surface area contributed by atoms with Crippen molar-refractivity contribution >= 4 is 31.9 Å². The molecule has 0 atom stereocenters. The van der Waals surface area contributed by atoms with Crippen molar-refractivity contribution in [1.82, 2.24) is 0 Å². The lowest BCUT2D eigenvalue weighted by Gasteiger charge is -2.30. The van der Waals surface area contributed by atoms with Crippen LogP contribution in [0.1, 0.15) is 5.56 Å². The monoisotopic (exact) mass is 406 g/mol. The molecule has 1 aromatic rings. The van der Waals surface area contributed by atoms with Crippen molar-refractivity contribution in [2.24, 2.45) is 0 Å². The Hall–Kier alpha value is -0.140. The summed E-state index contributed by atoms with van der Waals surface area (Å²) in [5, 5.41) is 0.564. The standard InChI is InChI=1S/C12H12Br2F4O/c13-5-11(6-14,7-19-8-12(16,17)18)9-3-1-2-4-10(9)15/h1-4H,5-8H2. The van der Waals surface area contributed by atoms with Gasteiger partial charge in [0.15, 0.2) is 0 Å². The smallest absolute Gasteiger partial charge is 0.371 e. The molecule has 0 bridgehead atoms. The molecule has 0 radical (unpaired) electrons. The summed E-state index contributed by atoms with van der Waals surface area (Å²) in [6.07, 6.45) is -4.39. The lowest BCUT2D eigenvalue weighted by Crippen LogP contribution is -2.38. The van der Waals surface area contributed by atoms with E-state index in [4.69, 9.17) is 4.74 Å². The van der Waals surface area contributed by atoms with Crippen LogP contribution >= 0.6 is 31.9 Å². The Balaban J connectivity index is 2.89. The van der Waals surface area contributed by atoms with Crippen LogP contribution in [0.5, 0.6) is 0 Å². The maximum absolute atomic E-state index is 13.8. The first kappa shape index (κ1) is 16.9. The molecule has 0 aliphatic rings. The van der Waals surface area contributed by atoms with Crippen LogP contribution in [0, 0.1) is 5.82 Å². The van der Waals surface area contributed by atoms with E-state index >= 15 is 0 Å². The van der Waals surface area contributed by atoms with Crippen LogP contribution in [-0.4, -0.2) is 30.1 Å². The number of alkyl halides is 5. The van der Waals surface area contributed by atoms with Crippen molar-refractivity contribution < 1.29 is 22.3 Å². The van der Waals surface area contributed by atoms with Gasteiger partial charge in [-0.3, -0.25) is 0 Å². The van der Waals surface area contributed by atoms with E-state index in [9.17, 15) is 17.6 Å². The van der Waals surface area contributed by atoms with Gasteiger partial charge in [-0.1, -0.05) is 50.1 Å². The molecule has 0 aliphatic carbocycles. The molecule has 19 heavy (non-hydrogen) atoms. The fraction of sp³-hybridized carbons (Fsp3) is 0.500. The zero-order chi connectivity index (χ0) is 14.5. The SMILES string of the molecule is Fc1ccccc1C(CBr)(CBr)COCC(F)(F)F. The van der Waals surface area contributed by atoms with E-state index in [1.807, 2.05) is 0 Å². The van der Waals surface area contributed by atoms with Gasteiger partial charge in [-0.2, -0.15) is 13.2 Å². The predicted octanol–water partition coefficient (Wildman–Crippen LogP) is 4.43. The molecule has 108 valence electrons. The van der Waals surface area contributed by atoms with Gasteiger partial charge in [-0.15, -0.1) is 0 Å². The highest BCUT2D eigenvalue weighted by atomic mass is 79.9. The summed E-state index contributed by atoms with van der Waals surface area (Å²) < 4.78 is 54.8. The third kappa shape index (κ3) is 4.72. The first-order valence-electron chi connectivity index (χ1n) is 5.36. The molecule has 1 rings (SSSR count). The zero-order valence-electron chi connectivity index (χ0n) is 9.81. The van der Waals surface area contributed by atoms with Crippen LogP contribution in [0.15, 0.2) is 24.3 Å². The van der Waals surface area contributed by atoms with Crippen molar-refractivity contribution in [2.75, 3.05) is 23.9 Å². The second-order valence-corrected chi connectivity index (χ2v) is 5.26. The van der Waals surface area contributed by atoms with Gasteiger partial charge in [-0.25, -0.2) is 4.39 Å². The number of halogens is 6. The fourth-order valence-corrected chi connectivity index (χ4v) is 3.44. The molecular weight excluding hydrogens is 396 g/mol. The lowest BCUT2D eigenvalue weighted by atomic mass is 9.85. The number of ether oxygens (including phenoxy) is 1. The maximum atomic E-state index is 13.8. The third-order valence-electron chi connectivity index (χ3n) is 2.60. The summed E-state index contributed by atoms with van der Waals surface area (Å²) in [4.78, 5) is 0. The highest BCUT2D eigenvalue weighted by molar-refractivity contribution is 9.09. The van der Waals surface area contributed by atoms with E-state index in [1.165, 1.54) is 12.1 Å². The fourth-order valence-electron chi connectivity index (χ4n) is 1.59. The van der Waals surface area contributed by atoms with E-state index in [0.717, 1.165) is 0 Å². The largest absolute Gasteiger partial charge is 0.411 e. The van der Waals surface area contributed by atoms with Crippen molar-refractivity contribution in [1.29, 1.82) is 0 Å². The van der Waals surface area contributed by atoms with Gasteiger partial charge < -0.3 is 4.74 Å². The third-order valence-corrected chi connectivity index (χ3v) is 4.75. The van der Waals surface area contributed by atoms with Gasteiger partial charge in [0.05, 0.1) is 6.61 Å². The topological polar surface area (TPSA) is 9.23 Å². The minimum Gasteiger partial charge on any atom is -0.371 e. The van der Waals surface area contributed by atoms with E-state index < -0.39 is 24.0 Å². The molecule has 0 N–H and O–H groups in total. The van der Waals surface area contributed by atoms with Crippen molar-refractivity contribution in [3.05, 3.63) is 35.6 Å². The second-order valence-electron chi connectivity index (χ2n) is 4.14. The van der Waals surface area contributed by atoms with Crippen LogP contribution in [0.25, 0.3) is 0 Å². The lowest BCUT2D eigenvalue weighted by molar-refractivity contribution is -0.176. The Morgan fingerprint density at radius 3 is 2.05 bits per heavy atom. The highest BCUT2D eigenvalue weighted by Gasteiger charge is 2.35. The summed E-state index contributed by atoms with van der Waals surface area (Å²) in [6, 6.07) is 6.00. The molecule has 0 saturated heterocycles. The molecule has 0 unspecified atom stereocenters. The van der Waals surface area contributed by atoms with Gasteiger partial charge in [0.25, 0.3) is 0 Å². The van der Waals surface area contributed by atoms with Crippen LogP contribution in [0.3, 0.4) is 0 Å². The quantitative estimate of drug-likeness (QED) is 0.500. The summed E-state index contributed by atoms with van der Waals surface area (Å²) in [6.45, 7) is -1.58. The molecular formula is C12H12Br2F4O. The van der Waals surface area contributed by atoms with E-state index in [-0.39, 0.29) is 17.3 Å². The summed E-state index contributed by atoms with van der Waals surface area (Å²) in [5.41, 5.74) is -0.553. The number of rotatable bonds is 6. The van der Waals surface area contributed by atoms with E-state index in [1.54, 1.807) is 12.1 Å². The minimum atomic E-state index is -4.39. The molecule has 7 heteroatoms. The average molecular weight is 408 g/mol. The van der Waals surface area contributed by atoms with Crippen molar-refractivity contribution in [3.8, 4) is 0 Å². The first-order valence-corrected chi connectivity index (χ1v) is 7.60. The maximum Gasteiger partial charge on any atom is 0.411 e. The van der Waals surface area contributed by atoms with E-state index in [2.05, 4.69) is 31.9 Å². The second kappa shape index (κ2) is 7.04. The van der Waals surface area contributed by atoms with Crippen LogP contribution in [-0.2, 0) is 10.2 Å². The molecule has 0 fully saturated rings. The molecule has 0 aliphatic heterocycles. The van der Waals surface area contributed by atoms with Crippen molar-refractivity contribution in [3.63, 3.8) is 0 Å². The minimum absolute atomic E-state index is 0.232. The van der Waals surface area contributed by atoms with Gasteiger partial charge in [0, 0.05) is 16.1 Å². The van der Waals surface area contributed by atoms with Crippen molar-refractivity contribution in [2.45, 2.75) is 11.6 Å². The normalized spacial score (nSPS) is 12.7. The summed E-state index contributed by atoms with van der Waals surface area (Å²) >= 11 is 6.45. The molecule has 0 spiro atoms. The Labute approximate surface area is 125 Å². The van der Waals surface area contributed by atoms with Crippen LogP contribution < -0.4 is 0 Å². The van der Waals surface area contributed by atoms with Gasteiger partial charge in [-0.05, 0) is 11.6 Å². The first-order chi connectivity index (χ1) is 8.84. The summed E-state index contributed by atoms with van der Waals surface area (Å²) in [5.74, 6) is -0.461. The Bertz CT molecular complexity index is 405. The molecule has 1 aromatic carbocycles. The molecule has 0 heterocycles.